The van der Waals surface area contributed by atoms with Crippen LogP contribution < -0.4 is 0 Å². The Morgan fingerprint density at radius 2 is 1.58 bits per heavy atom. The molecule has 0 aromatic heterocycles. The molecule has 24 heavy (non-hydrogen) atoms. The minimum Gasteiger partial charge on any atom is -0.478 e. The first kappa shape index (κ1) is 16.2. The summed E-state index contributed by atoms with van der Waals surface area (Å²) in [6, 6.07) is 14.4. The van der Waals surface area contributed by atoms with E-state index in [1.807, 2.05) is 35.2 Å². The second-order valence-electron chi connectivity index (χ2n) is 6.44. The molecule has 3 rings (SSSR count). The van der Waals surface area contributed by atoms with Crippen molar-refractivity contribution in [1.29, 1.82) is 0 Å². The molecule has 1 heterocycles. The van der Waals surface area contributed by atoms with Crippen molar-refractivity contribution in [2.45, 2.75) is 19.8 Å². The molecule has 1 fully saturated rings. The summed E-state index contributed by atoms with van der Waals surface area (Å²) >= 11 is 0. The fourth-order valence-electron chi connectivity index (χ4n) is 3.07. The van der Waals surface area contributed by atoms with E-state index in [1.165, 1.54) is 6.07 Å². The normalized spacial score (nSPS) is 15.3. The zero-order valence-corrected chi connectivity index (χ0v) is 13.7. The molecule has 1 saturated heterocycles. The van der Waals surface area contributed by atoms with Crippen LogP contribution >= 0.6 is 0 Å². The van der Waals surface area contributed by atoms with Gasteiger partial charge in [0, 0.05) is 18.7 Å². The molecule has 0 aliphatic carbocycles. The van der Waals surface area contributed by atoms with Crippen molar-refractivity contribution in [3.63, 3.8) is 0 Å². The fraction of sp³-hybridized carbons (Fsp3) is 0.300. The minimum absolute atomic E-state index is 0.0813. The van der Waals surface area contributed by atoms with E-state index in [0.29, 0.717) is 11.5 Å². The van der Waals surface area contributed by atoms with E-state index in [1.54, 1.807) is 12.1 Å². The monoisotopic (exact) mass is 323 g/mol. The topological polar surface area (TPSA) is 57.6 Å². The van der Waals surface area contributed by atoms with Crippen LogP contribution in [0, 0.1) is 5.92 Å². The van der Waals surface area contributed by atoms with Gasteiger partial charge in [-0.05, 0) is 48.1 Å². The van der Waals surface area contributed by atoms with Gasteiger partial charge < -0.3 is 10.0 Å². The molecule has 124 valence electrons. The quantitative estimate of drug-likeness (QED) is 0.931. The molecule has 1 aliphatic rings. The zero-order chi connectivity index (χ0) is 17.1. The van der Waals surface area contributed by atoms with Gasteiger partial charge in [-0.1, -0.05) is 37.3 Å². The van der Waals surface area contributed by atoms with Crippen LogP contribution in [0.25, 0.3) is 11.1 Å². The van der Waals surface area contributed by atoms with Crippen LogP contribution in [0.2, 0.25) is 0 Å². The summed E-state index contributed by atoms with van der Waals surface area (Å²) in [5.41, 5.74) is 2.25. The highest BCUT2D eigenvalue weighted by molar-refractivity contribution is 5.99. The van der Waals surface area contributed by atoms with Crippen LogP contribution in [-0.4, -0.2) is 35.0 Å². The number of aromatic carboxylic acids is 1. The summed E-state index contributed by atoms with van der Waals surface area (Å²) in [5.74, 6) is -0.462. The van der Waals surface area contributed by atoms with Crippen molar-refractivity contribution >= 4 is 11.9 Å². The predicted molar refractivity (Wildman–Crippen MR) is 93.1 cm³/mol. The summed E-state index contributed by atoms with van der Waals surface area (Å²) in [4.78, 5) is 26.1. The van der Waals surface area contributed by atoms with Crippen LogP contribution in [-0.2, 0) is 0 Å². The molecule has 4 heteroatoms. The number of hydrogen-bond acceptors (Lipinski definition) is 2. The molecule has 2 aromatic rings. The molecule has 4 nitrogen and oxygen atoms in total. The number of hydrogen-bond donors (Lipinski definition) is 1. The Balaban J connectivity index is 1.96. The first-order chi connectivity index (χ1) is 11.5. The number of nitrogens with zero attached hydrogens (tertiary/aromatic N) is 1. The highest BCUT2D eigenvalue weighted by Gasteiger charge is 2.22. The van der Waals surface area contributed by atoms with Gasteiger partial charge in [0.1, 0.15) is 0 Å². The number of carbonyl (C=O) groups is 2. The summed E-state index contributed by atoms with van der Waals surface area (Å²) in [6.45, 7) is 3.66. The van der Waals surface area contributed by atoms with E-state index in [2.05, 4.69) is 6.92 Å². The van der Waals surface area contributed by atoms with Gasteiger partial charge in [0.2, 0.25) is 0 Å². The third-order valence-corrected chi connectivity index (χ3v) is 4.60. The van der Waals surface area contributed by atoms with E-state index in [0.717, 1.165) is 37.1 Å². The SMILES string of the molecule is CC1CCN(C(=O)c2cc(C(=O)O)cc(-c3ccccc3)c2)CC1. The first-order valence-electron chi connectivity index (χ1n) is 8.27. The van der Waals surface area contributed by atoms with Gasteiger partial charge in [-0.15, -0.1) is 0 Å². The molecule has 0 atom stereocenters. The van der Waals surface area contributed by atoms with E-state index in [9.17, 15) is 14.7 Å². The molecule has 1 amide bonds. The third kappa shape index (κ3) is 3.48. The second kappa shape index (κ2) is 6.87. The van der Waals surface area contributed by atoms with Crippen molar-refractivity contribution in [1.82, 2.24) is 4.90 Å². The lowest BCUT2D eigenvalue weighted by Gasteiger charge is -2.30. The summed E-state index contributed by atoms with van der Waals surface area (Å²) in [5, 5.41) is 9.38. The Morgan fingerprint density at radius 1 is 0.958 bits per heavy atom. The zero-order valence-electron chi connectivity index (χ0n) is 13.7. The van der Waals surface area contributed by atoms with Crippen molar-refractivity contribution < 1.29 is 14.7 Å². The summed E-state index contributed by atoms with van der Waals surface area (Å²) in [6.07, 6.45) is 1.99. The number of carboxylic acids is 1. The average molecular weight is 323 g/mol. The highest BCUT2D eigenvalue weighted by Crippen LogP contribution is 2.25. The lowest BCUT2D eigenvalue weighted by molar-refractivity contribution is 0.0696. The van der Waals surface area contributed by atoms with Gasteiger partial charge in [0.25, 0.3) is 5.91 Å². The number of likely N-dealkylation sites (tertiary alicyclic amines) is 1. The maximum absolute atomic E-state index is 12.8. The van der Waals surface area contributed by atoms with E-state index >= 15 is 0 Å². The standard InChI is InChI=1S/C20H21NO3/c1-14-7-9-21(10-8-14)19(22)17-11-16(12-18(13-17)20(23)24)15-5-3-2-4-6-15/h2-6,11-14H,7-10H2,1H3,(H,23,24). The lowest BCUT2D eigenvalue weighted by Crippen LogP contribution is -2.38. The molecule has 1 aliphatic heterocycles. The van der Waals surface area contributed by atoms with Gasteiger partial charge in [-0.25, -0.2) is 4.79 Å². The van der Waals surface area contributed by atoms with Gasteiger partial charge in [-0.2, -0.15) is 0 Å². The van der Waals surface area contributed by atoms with Crippen molar-refractivity contribution in [3.8, 4) is 11.1 Å². The van der Waals surface area contributed by atoms with Crippen LogP contribution in [0.15, 0.2) is 48.5 Å². The lowest BCUT2D eigenvalue weighted by atomic mass is 9.96. The average Bonchev–Trinajstić information content (AvgIpc) is 2.62. The maximum atomic E-state index is 12.8. The molecule has 0 spiro atoms. The van der Waals surface area contributed by atoms with Crippen molar-refractivity contribution in [2.75, 3.05) is 13.1 Å². The number of carboxylic acid groups (broad SMARTS) is 1. The van der Waals surface area contributed by atoms with Crippen LogP contribution in [0.4, 0.5) is 0 Å². The minimum atomic E-state index is -1.02. The van der Waals surface area contributed by atoms with E-state index in [-0.39, 0.29) is 11.5 Å². The maximum Gasteiger partial charge on any atom is 0.335 e. The smallest absolute Gasteiger partial charge is 0.335 e. The molecule has 0 bridgehead atoms. The molecule has 0 unspecified atom stereocenters. The number of carbonyl (C=O) groups excluding carboxylic acids is 1. The van der Waals surface area contributed by atoms with Gasteiger partial charge in [0.15, 0.2) is 0 Å². The van der Waals surface area contributed by atoms with Gasteiger partial charge >= 0.3 is 5.97 Å². The highest BCUT2D eigenvalue weighted by atomic mass is 16.4. The Kier molecular flexibility index (Phi) is 4.65. The fourth-order valence-corrected chi connectivity index (χ4v) is 3.07. The van der Waals surface area contributed by atoms with Crippen LogP contribution in [0.1, 0.15) is 40.5 Å². The summed E-state index contributed by atoms with van der Waals surface area (Å²) < 4.78 is 0. The Labute approximate surface area is 141 Å². The summed E-state index contributed by atoms with van der Waals surface area (Å²) in [7, 11) is 0. The molecule has 0 radical (unpaired) electrons. The molecular weight excluding hydrogens is 302 g/mol. The van der Waals surface area contributed by atoms with Crippen molar-refractivity contribution in [3.05, 3.63) is 59.7 Å². The molecule has 2 aromatic carbocycles. The van der Waals surface area contributed by atoms with E-state index in [4.69, 9.17) is 0 Å². The van der Waals surface area contributed by atoms with Crippen LogP contribution in [0.5, 0.6) is 0 Å². The Hall–Kier alpha value is -2.62. The second-order valence-corrected chi connectivity index (χ2v) is 6.44. The molecular formula is C20H21NO3. The largest absolute Gasteiger partial charge is 0.478 e. The Morgan fingerprint density at radius 3 is 2.21 bits per heavy atom. The van der Waals surface area contributed by atoms with E-state index < -0.39 is 5.97 Å². The number of amides is 1. The van der Waals surface area contributed by atoms with Gasteiger partial charge in [-0.3, -0.25) is 4.79 Å². The number of benzene rings is 2. The van der Waals surface area contributed by atoms with Crippen LogP contribution in [0.3, 0.4) is 0 Å². The molecule has 0 saturated carbocycles. The number of piperidine rings is 1. The predicted octanol–water partition coefficient (Wildman–Crippen LogP) is 3.92. The van der Waals surface area contributed by atoms with Crippen molar-refractivity contribution in [2.24, 2.45) is 5.92 Å². The number of rotatable bonds is 3. The molecule has 1 N–H and O–H groups in total. The first-order valence-corrected chi connectivity index (χ1v) is 8.27. The van der Waals surface area contributed by atoms with Gasteiger partial charge in [0.05, 0.1) is 5.56 Å². The Bertz CT molecular complexity index is 747. The third-order valence-electron chi connectivity index (χ3n) is 4.60.